The van der Waals surface area contributed by atoms with Crippen molar-refractivity contribution < 1.29 is 0 Å². The molecule has 3 heteroatoms. The third kappa shape index (κ3) is 2.03. The molecule has 2 nitrogen and oxygen atoms in total. The molecule has 0 aromatic heterocycles. The highest BCUT2D eigenvalue weighted by molar-refractivity contribution is 8.00. The highest BCUT2D eigenvalue weighted by Crippen LogP contribution is 2.40. The van der Waals surface area contributed by atoms with Gasteiger partial charge in [0.05, 0.1) is 4.87 Å². The Balaban J connectivity index is 1.97. The molecule has 2 aliphatic heterocycles. The van der Waals surface area contributed by atoms with E-state index in [0.717, 1.165) is 5.92 Å². The summed E-state index contributed by atoms with van der Waals surface area (Å²) in [6.45, 7) is 7.09. The summed E-state index contributed by atoms with van der Waals surface area (Å²) in [5.74, 6) is 2.14. The zero-order valence-electron chi connectivity index (χ0n) is 8.60. The van der Waals surface area contributed by atoms with Crippen LogP contribution in [-0.4, -0.2) is 29.8 Å². The van der Waals surface area contributed by atoms with E-state index in [9.17, 15) is 0 Å². The summed E-state index contributed by atoms with van der Waals surface area (Å²) in [5.41, 5.74) is 0. The van der Waals surface area contributed by atoms with E-state index in [1.807, 2.05) is 0 Å². The number of nitrogens with one attached hydrogen (secondary N) is 2. The SMILES string of the molecule is CC1CSC(C)(C2CCNCC2)N1. The van der Waals surface area contributed by atoms with E-state index in [1.54, 1.807) is 0 Å². The minimum atomic E-state index is 0.363. The van der Waals surface area contributed by atoms with E-state index in [-0.39, 0.29) is 0 Å². The normalized spacial score (nSPS) is 42.5. The third-order valence-corrected chi connectivity index (χ3v) is 5.00. The number of piperidine rings is 1. The fourth-order valence-corrected chi connectivity index (χ4v) is 3.91. The average Bonchev–Trinajstić information content (AvgIpc) is 2.49. The van der Waals surface area contributed by atoms with Crippen LogP contribution in [0.4, 0.5) is 0 Å². The number of rotatable bonds is 1. The van der Waals surface area contributed by atoms with Gasteiger partial charge in [-0.05, 0) is 45.7 Å². The molecular weight excluding hydrogens is 180 g/mol. The molecular formula is C10H20N2S. The largest absolute Gasteiger partial charge is 0.317 e. The van der Waals surface area contributed by atoms with Gasteiger partial charge in [0.1, 0.15) is 0 Å². The summed E-state index contributed by atoms with van der Waals surface area (Å²) in [4.78, 5) is 0.363. The second-order valence-electron chi connectivity index (χ2n) is 4.49. The summed E-state index contributed by atoms with van der Waals surface area (Å²) in [6, 6.07) is 0.699. The van der Waals surface area contributed by atoms with Crippen molar-refractivity contribution in [2.24, 2.45) is 5.92 Å². The van der Waals surface area contributed by atoms with Crippen LogP contribution < -0.4 is 10.6 Å². The van der Waals surface area contributed by atoms with Crippen LogP contribution in [0.5, 0.6) is 0 Å². The average molecular weight is 200 g/mol. The van der Waals surface area contributed by atoms with Gasteiger partial charge in [-0.3, -0.25) is 5.32 Å². The standard InChI is InChI=1S/C10H20N2S/c1-8-7-13-10(2,12-8)9-3-5-11-6-4-9/h8-9,11-12H,3-7H2,1-2H3. The fourth-order valence-electron chi connectivity index (χ4n) is 2.48. The van der Waals surface area contributed by atoms with Crippen molar-refractivity contribution in [3.05, 3.63) is 0 Å². The Morgan fingerprint density at radius 3 is 2.54 bits per heavy atom. The lowest BCUT2D eigenvalue weighted by molar-refractivity contribution is 0.266. The first-order chi connectivity index (χ1) is 6.21. The van der Waals surface area contributed by atoms with Gasteiger partial charge in [0.2, 0.25) is 0 Å². The number of hydrogen-bond donors (Lipinski definition) is 2. The van der Waals surface area contributed by atoms with Crippen LogP contribution in [0, 0.1) is 5.92 Å². The van der Waals surface area contributed by atoms with Crippen LogP contribution >= 0.6 is 11.8 Å². The van der Waals surface area contributed by atoms with Crippen molar-refractivity contribution in [1.82, 2.24) is 10.6 Å². The van der Waals surface area contributed by atoms with Crippen molar-refractivity contribution in [3.63, 3.8) is 0 Å². The van der Waals surface area contributed by atoms with Gasteiger partial charge in [-0.25, -0.2) is 0 Å². The van der Waals surface area contributed by atoms with E-state index in [2.05, 4.69) is 36.2 Å². The second-order valence-corrected chi connectivity index (χ2v) is 5.96. The van der Waals surface area contributed by atoms with Gasteiger partial charge in [-0.1, -0.05) is 0 Å². The fraction of sp³-hybridized carbons (Fsp3) is 1.00. The lowest BCUT2D eigenvalue weighted by Crippen LogP contribution is -2.48. The molecule has 2 heterocycles. The van der Waals surface area contributed by atoms with Gasteiger partial charge in [0.15, 0.2) is 0 Å². The highest BCUT2D eigenvalue weighted by atomic mass is 32.2. The minimum Gasteiger partial charge on any atom is -0.317 e. The highest BCUT2D eigenvalue weighted by Gasteiger charge is 2.40. The van der Waals surface area contributed by atoms with E-state index in [1.165, 1.54) is 31.7 Å². The van der Waals surface area contributed by atoms with Crippen molar-refractivity contribution in [2.75, 3.05) is 18.8 Å². The zero-order valence-corrected chi connectivity index (χ0v) is 9.41. The van der Waals surface area contributed by atoms with E-state index < -0.39 is 0 Å². The predicted octanol–water partition coefficient (Wildman–Crippen LogP) is 1.43. The Hall–Kier alpha value is 0.270. The van der Waals surface area contributed by atoms with E-state index in [4.69, 9.17) is 0 Å². The molecule has 13 heavy (non-hydrogen) atoms. The monoisotopic (exact) mass is 200 g/mol. The first-order valence-corrected chi connectivity index (χ1v) is 6.31. The maximum atomic E-state index is 3.74. The molecule has 2 N–H and O–H groups in total. The second kappa shape index (κ2) is 3.79. The topological polar surface area (TPSA) is 24.1 Å². The van der Waals surface area contributed by atoms with Crippen molar-refractivity contribution in [1.29, 1.82) is 0 Å². The molecule has 2 aliphatic rings. The molecule has 0 aromatic rings. The van der Waals surface area contributed by atoms with Gasteiger partial charge < -0.3 is 5.32 Å². The summed E-state index contributed by atoms with van der Waals surface area (Å²) >= 11 is 2.12. The zero-order chi connectivity index (χ0) is 9.31. The quantitative estimate of drug-likeness (QED) is 0.669. The maximum Gasteiger partial charge on any atom is 0.0648 e. The van der Waals surface area contributed by atoms with Gasteiger partial charge >= 0.3 is 0 Å². The smallest absolute Gasteiger partial charge is 0.0648 e. The molecule has 2 fully saturated rings. The maximum absolute atomic E-state index is 3.74. The van der Waals surface area contributed by atoms with Crippen molar-refractivity contribution in [3.8, 4) is 0 Å². The summed E-state index contributed by atoms with van der Waals surface area (Å²) in [5, 5.41) is 7.16. The molecule has 2 unspecified atom stereocenters. The molecule has 0 amide bonds. The van der Waals surface area contributed by atoms with Gasteiger partial charge in [-0.2, -0.15) is 0 Å². The molecule has 0 aliphatic carbocycles. The Morgan fingerprint density at radius 2 is 2.00 bits per heavy atom. The molecule has 2 saturated heterocycles. The molecule has 0 spiro atoms. The van der Waals surface area contributed by atoms with Gasteiger partial charge in [0.25, 0.3) is 0 Å². The Morgan fingerprint density at radius 1 is 1.31 bits per heavy atom. The van der Waals surface area contributed by atoms with Crippen molar-refractivity contribution in [2.45, 2.75) is 37.6 Å². The first kappa shape index (κ1) is 9.81. The van der Waals surface area contributed by atoms with Gasteiger partial charge in [0, 0.05) is 11.8 Å². The molecule has 0 radical (unpaired) electrons. The van der Waals surface area contributed by atoms with Crippen LogP contribution in [0.3, 0.4) is 0 Å². The van der Waals surface area contributed by atoms with Crippen LogP contribution in [0.2, 0.25) is 0 Å². The lowest BCUT2D eigenvalue weighted by Gasteiger charge is -2.37. The van der Waals surface area contributed by atoms with Crippen molar-refractivity contribution >= 4 is 11.8 Å². The van der Waals surface area contributed by atoms with Crippen LogP contribution in [0.1, 0.15) is 26.7 Å². The number of hydrogen-bond acceptors (Lipinski definition) is 3. The molecule has 0 aromatic carbocycles. The Kier molecular flexibility index (Phi) is 2.86. The first-order valence-electron chi connectivity index (χ1n) is 5.33. The number of thioether (sulfide) groups is 1. The Bertz CT molecular complexity index is 180. The summed E-state index contributed by atoms with van der Waals surface area (Å²) in [7, 11) is 0. The Labute approximate surface area is 85.2 Å². The molecule has 2 rings (SSSR count). The molecule has 76 valence electrons. The molecule has 0 saturated carbocycles. The van der Waals surface area contributed by atoms with Gasteiger partial charge in [-0.15, -0.1) is 11.8 Å². The summed E-state index contributed by atoms with van der Waals surface area (Å²) < 4.78 is 0. The van der Waals surface area contributed by atoms with E-state index >= 15 is 0 Å². The van der Waals surface area contributed by atoms with Crippen LogP contribution in [0.15, 0.2) is 0 Å². The minimum absolute atomic E-state index is 0.363. The summed E-state index contributed by atoms with van der Waals surface area (Å²) in [6.07, 6.45) is 2.67. The third-order valence-electron chi connectivity index (χ3n) is 3.28. The van der Waals surface area contributed by atoms with Crippen LogP contribution in [0.25, 0.3) is 0 Å². The lowest BCUT2D eigenvalue weighted by atomic mass is 9.90. The van der Waals surface area contributed by atoms with E-state index in [0.29, 0.717) is 10.9 Å². The predicted molar refractivity (Wildman–Crippen MR) is 59.1 cm³/mol. The van der Waals surface area contributed by atoms with Crippen LogP contribution in [-0.2, 0) is 0 Å². The molecule has 0 bridgehead atoms. The molecule has 2 atom stereocenters.